The number of nitrogens with one attached hydrogen (secondary N) is 2. The minimum Gasteiger partial charge on any atom is -0.443 e. The van der Waals surface area contributed by atoms with Gasteiger partial charge >= 0.3 is 0 Å². The van der Waals surface area contributed by atoms with Gasteiger partial charge in [-0.05, 0) is 6.07 Å². The summed E-state index contributed by atoms with van der Waals surface area (Å²) in [5, 5.41) is 2.56. The van der Waals surface area contributed by atoms with Crippen molar-refractivity contribution in [3.63, 3.8) is 0 Å². The summed E-state index contributed by atoms with van der Waals surface area (Å²) in [4.78, 5) is 22.8. The van der Waals surface area contributed by atoms with Crippen molar-refractivity contribution < 1.29 is 9.21 Å². The van der Waals surface area contributed by atoms with Crippen LogP contribution in [0, 0.1) is 0 Å². The van der Waals surface area contributed by atoms with Crippen LogP contribution >= 0.6 is 0 Å². The van der Waals surface area contributed by atoms with Crippen molar-refractivity contribution in [2.24, 2.45) is 0 Å². The van der Waals surface area contributed by atoms with E-state index in [0.717, 1.165) is 5.52 Å². The van der Waals surface area contributed by atoms with Crippen LogP contribution in [0.25, 0.3) is 22.1 Å². The van der Waals surface area contributed by atoms with E-state index in [4.69, 9.17) is 4.42 Å². The fraction of sp³-hybridized carbons (Fsp3) is 0.100. The number of hydrogen-bond acceptors (Lipinski definition) is 4. The molecular formula is C10H8N4O2. The average Bonchev–Trinajstić information content (AvgIpc) is 2.93. The summed E-state index contributed by atoms with van der Waals surface area (Å²) < 4.78 is 5.23. The van der Waals surface area contributed by atoms with E-state index >= 15 is 0 Å². The second kappa shape index (κ2) is 3.06. The number of H-pyrrole nitrogens is 1. The molecule has 16 heavy (non-hydrogen) atoms. The molecule has 0 aliphatic heterocycles. The Morgan fingerprint density at radius 3 is 3.19 bits per heavy atom. The predicted molar refractivity (Wildman–Crippen MR) is 57.1 cm³/mol. The monoisotopic (exact) mass is 216 g/mol. The number of oxazole rings is 1. The number of fused-ring (bicyclic) bond motifs is 3. The van der Waals surface area contributed by atoms with E-state index in [1.54, 1.807) is 19.4 Å². The molecule has 6 nitrogen and oxygen atoms in total. The van der Waals surface area contributed by atoms with Crippen LogP contribution in [0.3, 0.4) is 0 Å². The van der Waals surface area contributed by atoms with Gasteiger partial charge in [-0.15, -0.1) is 0 Å². The Balaban J connectivity index is 2.47. The van der Waals surface area contributed by atoms with Crippen molar-refractivity contribution in [3.8, 4) is 0 Å². The zero-order valence-electron chi connectivity index (χ0n) is 8.44. The number of carbonyl (C=O) groups excluding carboxylic acids is 1. The molecule has 0 bridgehead atoms. The normalized spacial score (nSPS) is 11.1. The second-order valence-corrected chi connectivity index (χ2v) is 3.33. The summed E-state index contributed by atoms with van der Waals surface area (Å²) in [6.45, 7) is 0. The highest BCUT2D eigenvalue weighted by atomic mass is 16.3. The van der Waals surface area contributed by atoms with E-state index < -0.39 is 0 Å². The maximum atomic E-state index is 11.7. The minimum atomic E-state index is -0.216. The zero-order chi connectivity index (χ0) is 11.1. The summed E-state index contributed by atoms with van der Waals surface area (Å²) in [5.74, 6) is -0.216. The van der Waals surface area contributed by atoms with Gasteiger partial charge < -0.3 is 14.7 Å². The van der Waals surface area contributed by atoms with Gasteiger partial charge in [0.1, 0.15) is 5.52 Å². The first-order chi connectivity index (χ1) is 7.81. The molecule has 6 heteroatoms. The number of aromatic amines is 1. The Morgan fingerprint density at radius 1 is 1.50 bits per heavy atom. The number of carbonyl (C=O) groups is 1. The number of amides is 1. The molecule has 80 valence electrons. The number of benzene rings is 1. The molecule has 1 aromatic carbocycles. The van der Waals surface area contributed by atoms with E-state index in [1.807, 2.05) is 0 Å². The third-order valence-corrected chi connectivity index (χ3v) is 2.47. The highest BCUT2D eigenvalue weighted by Crippen LogP contribution is 2.25. The van der Waals surface area contributed by atoms with Crippen molar-refractivity contribution >= 4 is 28.0 Å². The molecule has 1 amide bonds. The fourth-order valence-corrected chi connectivity index (χ4v) is 1.72. The summed E-state index contributed by atoms with van der Waals surface area (Å²) in [6, 6.07) is 1.68. The van der Waals surface area contributed by atoms with Gasteiger partial charge in [0.15, 0.2) is 12.0 Å². The van der Waals surface area contributed by atoms with E-state index in [0.29, 0.717) is 22.2 Å². The molecule has 2 heterocycles. The second-order valence-electron chi connectivity index (χ2n) is 3.33. The van der Waals surface area contributed by atoms with Gasteiger partial charge in [0, 0.05) is 7.05 Å². The lowest BCUT2D eigenvalue weighted by molar-refractivity contribution is 0.0964. The van der Waals surface area contributed by atoms with Gasteiger partial charge in [-0.1, -0.05) is 0 Å². The number of aromatic nitrogens is 3. The Hall–Kier alpha value is -2.37. The van der Waals surface area contributed by atoms with Crippen LogP contribution in [0.15, 0.2) is 23.2 Å². The predicted octanol–water partition coefficient (Wildman–Crippen LogP) is 1.06. The molecule has 0 atom stereocenters. The third-order valence-electron chi connectivity index (χ3n) is 2.47. The molecule has 0 aliphatic carbocycles. The quantitative estimate of drug-likeness (QED) is 0.637. The molecular weight excluding hydrogens is 208 g/mol. The SMILES string of the molecule is CNC(=O)c1cc2nc[nH]c2c2ncoc12. The highest BCUT2D eigenvalue weighted by Gasteiger charge is 2.16. The van der Waals surface area contributed by atoms with Gasteiger partial charge in [-0.2, -0.15) is 0 Å². The first-order valence-corrected chi connectivity index (χ1v) is 4.72. The lowest BCUT2D eigenvalue weighted by Gasteiger charge is -2.00. The van der Waals surface area contributed by atoms with Gasteiger partial charge in [0.25, 0.3) is 5.91 Å². The van der Waals surface area contributed by atoms with Gasteiger partial charge in [-0.25, -0.2) is 9.97 Å². The Labute approximate surface area is 89.7 Å². The van der Waals surface area contributed by atoms with Crippen LogP contribution in [-0.4, -0.2) is 27.9 Å². The van der Waals surface area contributed by atoms with Gasteiger partial charge in [0.05, 0.1) is 22.9 Å². The fourth-order valence-electron chi connectivity index (χ4n) is 1.72. The summed E-state index contributed by atoms with van der Waals surface area (Å²) in [5.41, 5.74) is 3.00. The lowest BCUT2D eigenvalue weighted by Crippen LogP contribution is -2.17. The van der Waals surface area contributed by atoms with Crippen LogP contribution in [0.5, 0.6) is 0 Å². The molecule has 0 aliphatic rings. The van der Waals surface area contributed by atoms with Crippen molar-refractivity contribution in [3.05, 3.63) is 24.4 Å². The maximum absolute atomic E-state index is 11.7. The first kappa shape index (κ1) is 8.90. The van der Waals surface area contributed by atoms with Crippen LogP contribution < -0.4 is 5.32 Å². The van der Waals surface area contributed by atoms with Crippen molar-refractivity contribution in [1.29, 1.82) is 0 Å². The molecule has 0 spiro atoms. The highest BCUT2D eigenvalue weighted by molar-refractivity contribution is 6.11. The molecule has 0 fully saturated rings. The first-order valence-electron chi connectivity index (χ1n) is 4.72. The van der Waals surface area contributed by atoms with Gasteiger partial charge in [0.2, 0.25) is 0 Å². The van der Waals surface area contributed by atoms with E-state index in [9.17, 15) is 4.79 Å². The molecule has 0 saturated heterocycles. The van der Waals surface area contributed by atoms with Crippen LogP contribution in [0.1, 0.15) is 10.4 Å². The number of rotatable bonds is 1. The Kier molecular flexibility index (Phi) is 1.70. The number of imidazole rings is 1. The topological polar surface area (TPSA) is 83.8 Å². The third kappa shape index (κ3) is 1.04. The Morgan fingerprint density at radius 2 is 2.38 bits per heavy atom. The zero-order valence-corrected chi connectivity index (χ0v) is 8.44. The largest absolute Gasteiger partial charge is 0.443 e. The molecule has 2 N–H and O–H groups in total. The molecule has 3 rings (SSSR count). The van der Waals surface area contributed by atoms with Crippen molar-refractivity contribution in [2.75, 3.05) is 7.05 Å². The molecule has 0 saturated carbocycles. The summed E-state index contributed by atoms with van der Waals surface area (Å²) >= 11 is 0. The standard InChI is InChI=1S/C10H8N4O2/c1-11-10(15)5-2-6-7(13-3-12-6)8-9(5)16-4-14-8/h2-4H,1H3,(H,11,15)(H,12,13). The average molecular weight is 216 g/mol. The minimum absolute atomic E-state index is 0.216. The molecule has 0 radical (unpaired) electrons. The van der Waals surface area contributed by atoms with Crippen LogP contribution in [0.2, 0.25) is 0 Å². The smallest absolute Gasteiger partial charge is 0.254 e. The van der Waals surface area contributed by atoms with Gasteiger partial charge in [-0.3, -0.25) is 4.79 Å². The van der Waals surface area contributed by atoms with E-state index in [2.05, 4.69) is 20.3 Å². The molecule has 3 aromatic rings. The Bertz CT molecular complexity index is 682. The maximum Gasteiger partial charge on any atom is 0.254 e. The number of hydrogen-bond donors (Lipinski definition) is 2. The molecule has 2 aromatic heterocycles. The molecule has 0 unspecified atom stereocenters. The lowest BCUT2D eigenvalue weighted by atomic mass is 10.1. The van der Waals surface area contributed by atoms with Crippen molar-refractivity contribution in [1.82, 2.24) is 20.3 Å². The number of nitrogens with zero attached hydrogens (tertiary/aromatic N) is 2. The van der Waals surface area contributed by atoms with E-state index in [-0.39, 0.29) is 5.91 Å². The van der Waals surface area contributed by atoms with E-state index in [1.165, 1.54) is 6.39 Å². The van der Waals surface area contributed by atoms with Crippen LogP contribution in [-0.2, 0) is 0 Å². The van der Waals surface area contributed by atoms with Crippen molar-refractivity contribution in [2.45, 2.75) is 0 Å². The summed E-state index contributed by atoms with van der Waals surface area (Å²) in [7, 11) is 1.57. The summed E-state index contributed by atoms with van der Waals surface area (Å²) in [6.07, 6.45) is 2.88. The van der Waals surface area contributed by atoms with Crippen LogP contribution in [0.4, 0.5) is 0 Å².